The van der Waals surface area contributed by atoms with Gasteiger partial charge in [-0.15, -0.1) is 0 Å². The van der Waals surface area contributed by atoms with Gasteiger partial charge in [0.1, 0.15) is 30.6 Å². The van der Waals surface area contributed by atoms with Crippen molar-refractivity contribution in [1.82, 2.24) is 0 Å². The van der Waals surface area contributed by atoms with Crippen LogP contribution in [-0.4, -0.2) is 13.0 Å². The van der Waals surface area contributed by atoms with Crippen LogP contribution in [0.2, 0.25) is 15.1 Å². The number of rotatable bonds is 10. The summed E-state index contributed by atoms with van der Waals surface area (Å²) in [5, 5.41) is 13.7. The van der Waals surface area contributed by atoms with E-state index in [9.17, 15) is 10.1 Å². The highest BCUT2D eigenvalue weighted by atomic mass is 35.5. The third-order valence-corrected chi connectivity index (χ3v) is 6.78. The van der Waals surface area contributed by atoms with E-state index < -0.39 is 5.91 Å². The maximum Gasteiger partial charge on any atom is 0.266 e. The zero-order valence-corrected chi connectivity index (χ0v) is 24.5. The number of methoxy groups -OCH3 is 1. The molecule has 0 spiro atoms. The lowest BCUT2D eigenvalue weighted by atomic mass is 10.1. The first-order chi connectivity index (χ1) is 19.7. The van der Waals surface area contributed by atoms with Gasteiger partial charge in [0, 0.05) is 21.3 Å². The van der Waals surface area contributed by atoms with Crippen molar-refractivity contribution in [2.75, 3.05) is 12.4 Å². The van der Waals surface area contributed by atoms with Gasteiger partial charge in [0.2, 0.25) is 0 Å². The van der Waals surface area contributed by atoms with Gasteiger partial charge < -0.3 is 19.5 Å². The lowest BCUT2D eigenvalue weighted by Gasteiger charge is -2.14. The molecule has 0 bridgehead atoms. The molecule has 0 fully saturated rings. The van der Waals surface area contributed by atoms with Gasteiger partial charge >= 0.3 is 0 Å². The quantitative estimate of drug-likeness (QED) is 0.144. The highest BCUT2D eigenvalue weighted by molar-refractivity contribution is 6.35. The van der Waals surface area contributed by atoms with Gasteiger partial charge in [0.25, 0.3) is 5.91 Å². The summed E-state index contributed by atoms with van der Waals surface area (Å²) in [6.07, 6.45) is 1.43. The van der Waals surface area contributed by atoms with Crippen LogP contribution >= 0.6 is 34.8 Å². The summed E-state index contributed by atoms with van der Waals surface area (Å²) in [4.78, 5) is 12.9. The fourth-order valence-electron chi connectivity index (χ4n) is 3.87. The van der Waals surface area contributed by atoms with E-state index in [1.165, 1.54) is 13.2 Å². The standard InChI is InChI=1S/C32H25Cl3N2O4/c1-20-4-3-5-21(12-20)18-41-31-29(35)14-22(15-30(31)39-2)13-24(17-36)32(38)37-26-8-10-27(11-9-26)40-19-23-6-7-25(33)16-28(23)34/h3-16H,18-19H2,1-2H3,(H,37,38)/b24-13+. The van der Waals surface area contributed by atoms with Gasteiger partial charge in [-0.2, -0.15) is 5.26 Å². The molecule has 0 aliphatic heterocycles. The Bertz CT molecular complexity index is 1630. The van der Waals surface area contributed by atoms with E-state index >= 15 is 0 Å². The number of nitriles is 1. The molecule has 208 valence electrons. The average molecular weight is 608 g/mol. The normalized spacial score (nSPS) is 11.0. The molecule has 1 amide bonds. The molecular weight excluding hydrogens is 583 g/mol. The molecule has 0 radical (unpaired) electrons. The van der Waals surface area contributed by atoms with E-state index in [0.717, 1.165) is 16.7 Å². The van der Waals surface area contributed by atoms with Crippen LogP contribution in [-0.2, 0) is 18.0 Å². The van der Waals surface area contributed by atoms with Gasteiger partial charge in [-0.05, 0) is 72.7 Å². The average Bonchev–Trinajstić information content (AvgIpc) is 2.95. The highest BCUT2D eigenvalue weighted by Gasteiger charge is 2.15. The number of benzene rings is 4. The van der Waals surface area contributed by atoms with E-state index in [1.54, 1.807) is 54.6 Å². The van der Waals surface area contributed by atoms with Crippen LogP contribution < -0.4 is 19.5 Å². The van der Waals surface area contributed by atoms with Crippen LogP contribution in [0.1, 0.15) is 22.3 Å². The smallest absolute Gasteiger partial charge is 0.266 e. The Morgan fingerprint density at radius 2 is 1.71 bits per heavy atom. The molecule has 4 aromatic rings. The minimum atomic E-state index is -0.580. The zero-order chi connectivity index (χ0) is 29.4. The second-order valence-corrected chi connectivity index (χ2v) is 10.2. The molecule has 9 heteroatoms. The van der Waals surface area contributed by atoms with Crippen LogP contribution in [0.25, 0.3) is 6.08 Å². The summed E-state index contributed by atoms with van der Waals surface area (Å²) in [5.74, 6) is 0.751. The predicted octanol–water partition coefficient (Wildman–Crippen LogP) is 8.67. The Kier molecular flexibility index (Phi) is 10.2. The van der Waals surface area contributed by atoms with E-state index in [-0.39, 0.29) is 17.2 Å². The van der Waals surface area contributed by atoms with Crippen molar-refractivity contribution >= 4 is 52.5 Å². The minimum absolute atomic E-state index is 0.116. The summed E-state index contributed by atoms with van der Waals surface area (Å²) in [7, 11) is 1.49. The Morgan fingerprint density at radius 1 is 0.927 bits per heavy atom. The van der Waals surface area contributed by atoms with E-state index in [4.69, 9.17) is 49.0 Å². The van der Waals surface area contributed by atoms with Gasteiger partial charge in [0.05, 0.1) is 12.1 Å². The zero-order valence-electron chi connectivity index (χ0n) is 22.2. The molecule has 0 atom stereocenters. The Hall–Kier alpha value is -4.15. The molecular formula is C32H25Cl3N2O4. The monoisotopic (exact) mass is 606 g/mol. The van der Waals surface area contributed by atoms with Crippen LogP contribution in [0.3, 0.4) is 0 Å². The van der Waals surface area contributed by atoms with Gasteiger partial charge in [-0.25, -0.2) is 0 Å². The fourth-order valence-corrected chi connectivity index (χ4v) is 4.61. The third-order valence-electron chi connectivity index (χ3n) is 5.92. The summed E-state index contributed by atoms with van der Waals surface area (Å²) in [6.45, 7) is 2.56. The number of aryl methyl sites for hydroxylation is 1. The number of carbonyl (C=O) groups is 1. The first kappa shape index (κ1) is 29.8. The van der Waals surface area contributed by atoms with Crippen molar-refractivity contribution in [3.8, 4) is 23.3 Å². The molecule has 41 heavy (non-hydrogen) atoms. The molecule has 0 saturated carbocycles. The molecule has 0 unspecified atom stereocenters. The number of nitrogens with one attached hydrogen (secondary N) is 1. The van der Waals surface area contributed by atoms with Crippen molar-refractivity contribution in [3.05, 3.63) is 122 Å². The minimum Gasteiger partial charge on any atom is -0.493 e. The summed E-state index contributed by atoms with van der Waals surface area (Å²) in [6, 6.07) is 25.1. The molecule has 6 nitrogen and oxygen atoms in total. The number of amides is 1. The molecule has 0 aromatic heterocycles. The Labute approximate surface area is 253 Å². The van der Waals surface area contributed by atoms with Crippen molar-refractivity contribution in [2.45, 2.75) is 20.1 Å². The lowest BCUT2D eigenvalue weighted by Crippen LogP contribution is -2.13. The summed E-state index contributed by atoms with van der Waals surface area (Å²) in [5.41, 5.74) is 3.78. The first-order valence-electron chi connectivity index (χ1n) is 12.4. The van der Waals surface area contributed by atoms with E-state index in [1.807, 2.05) is 37.3 Å². The number of halogens is 3. The number of nitrogens with zero attached hydrogens (tertiary/aromatic N) is 1. The molecule has 0 aliphatic rings. The second kappa shape index (κ2) is 14.0. The van der Waals surface area contributed by atoms with Gasteiger partial charge in [0.15, 0.2) is 11.5 Å². The van der Waals surface area contributed by atoms with Crippen molar-refractivity contribution < 1.29 is 19.0 Å². The molecule has 4 rings (SSSR count). The lowest BCUT2D eigenvalue weighted by molar-refractivity contribution is -0.112. The van der Waals surface area contributed by atoms with Crippen molar-refractivity contribution in [3.63, 3.8) is 0 Å². The largest absolute Gasteiger partial charge is 0.493 e. The Balaban J connectivity index is 1.42. The maximum absolute atomic E-state index is 12.9. The number of ether oxygens (including phenoxy) is 3. The van der Waals surface area contributed by atoms with E-state index in [0.29, 0.717) is 45.2 Å². The van der Waals surface area contributed by atoms with Crippen LogP contribution in [0.15, 0.2) is 84.4 Å². The number of anilines is 1. The molecule has 0 aliphatic carbocycles. The first-order valence-corrected chi connectivity index (χ1v) is 13.5. The molecule has 0 saturated heterocycles. The van der Waals surface area contributed by atoms with Crippen LogP contribution in [0.4, 0.5) is 5.69 Å². The molecule has 1 N–H and O–H groups in total. The molecule has 0 heterocycles. The molecule has 4 aromatic carbocycles. The summed E-state index contributed by atoms with van der Waals surface area (Å²) < 4.78 is 17.2. The van der Waals surface area contributed by atoms with Gasteiger partial charge in [-0.3, -0.25) is 4.79 Å². The van der Waals surface area contributed by atoms with Gasteiger partial charge in [-0.1, -0.05) is 70.7 Å². The SMILES string of the molecule is COc1cc(/C=C(\C#N)C(=O)Nc2ccc(OCc3ccc(Cl)cc3Cl)cc2)cc(Cl)c1OCc1cccc(C)c1. The third kappa shape index (κ3) is 8.18. The van der Waals surface area contributed by atoms with E-state index in [2.05, 4.69) is 5.32 Å². The number of hydrogen-bond donors (Lipinski definition) is 1. The van der Waals surface area contributed by atoms with Crippen LogP contribution in [0, 0.1) is 18.3 Å². The second-order valence-electron chi connectivity index (χ2n) is 8.98. The predicted molar refractivity (Wildman–Crippen MR) is 163 cm³/mol. The highest BCUT2D eigenvalue weighted by Crippen LogP contribution is 2.37. The number of hydrogen-bond acceptors (Lipinski definition) is 5. The summed E-state index contributed by atoms with van der Waals surface area (Å²) >= 11 is 18.6. The van der Waals surface area contributed by atoms with Crippen molar-refractivity contribution in [1.29, 1.82) is 5.26 Å². The Morgan fingerprint density at radius 3 is 2.39 bits per heavy atom. The maximum atomic E-state index is 12.9. The fraction of sp³-hybridized carbons (Fsp3) is 0.125. The number of carbonyl (C=O) groups excluding carboxylic acids is 1. The van der Waals surface area contributed by atoms with Crippen molar-refractivity contribution in [2.24, 2.45) is 0 Å². The van der Waals surface area contributed by atoms with Crippen LogP contribution in [0.5, 0.6) is 17.2 Å². The topological polar surface area (TPSA) is 80.6 Å².